The number of methoxy groups -OCH3 is 2. The molecule has 0 bridgehead atoms. The lowest BCUT2D eigenvalue weighted by Gasteiger charge is -2.10. The Kier molecular flexibility index (Phi) is 6.11. The first-order chi connectivity index (χ1) is 13.6. The zero-order chi connectivity index (χ0) is 19.9. The minimum atomic E-state index is -0.154. The summed E-state index contributed by atoms with van der Waals surface area (Å²) in [5.74, 6) is 1.57. The molecule has 3 aromatic rings. The molecule has 2 aromatic carbocycles. The average Bonchev–Trinajstić information content (AvgIpc) is 2.71. The van der Waals surface area contributed by atoms with E-state index in [1.807, 2.05) is 43.3 Å². The van der Waals surface area contributed by atoms with E-state index < -0.39 is 0 Å². The number of nitrogens with zero attached hydrogens (tertiary/aromatic N) is 1. The van der Waals surface area contributed by atoms with Gasteiger partial charge in [-0.15, -0.1) is 0 Å². The van der Waals surface area contributed by atoms with Crippen LogP contribution in [-0.4, -0.2) is 25.1 Å². The number of rotatable bonds is 7. The van der Waals surface area contributed by atoms with Gasteiger partial charge >= 0.3 is 0 Å². The van der Waals surface area contributed by atoms with Gasteiger partial charge in [0.2, 0.25) is 5.91 Å². The number of hydrogen-bond donors (Lipinski definition) is 2. The van der Waals surface area contributed by atoms with Crippen molar-refractivity contribution < 1.29 is 14.3 Å². The number of carbonyl (C=O) groups is 1. The molecule has 0 aliphatic heterocycles. The van der Waals surface area contributed by atoms with Gasteiger partial charge in [-0.25, -0.2) is 4.98 Å². The number of ether oxygens (including phenoxy) is 2. The van der Waals surface area contributed by atoms with Gasteiger partial charge in [0.1, 0.15) is 5.82 Å². The predicted octanol–water partition coefficient (Wildman–Crippen LogP) is 4.33. The number of aromatic nitrogens is 1. The van der Waals surface area contributed by atoms with Crippen molar-refractivity contribution in [1.29, 1.82) is 0 Å². The maximum Gasteiger partial charge on any atom is 0.229 e. The molecule has 1 amide bonds. The van der Waals surface area contributed by atoms with E-state index in [9.17, 15) is 4.79 Å². The van der Waals surface area contributed by atoms with E-state index in [0.29, 0.717) is 17.3 Å². The summed E-state index contributed by atoms with van der Waals surface area (Å²) >= 11 is 0. The predicted molar refractivity (Wildman–Crippen MR) is 111 cm³/mol. The van der Waals surface area contributed by atoms with Gasteiger partial charge in [0.05, 0.1) is 32.5 Å². The van der Waals surface area contributed by atoms with Crippen molar-refractivity contribution in [2.75, 3.05) is 24.9 Å². The average molecular weight is 377 g/mol. The van der Waals surface area contributed by atoms with Crippen molar-refractivity contribution in [3.05, 3.63) is 71.9 Å². The molecule has 0 atom stereocenters. The van der Waals surface area contributed by atoms with Crippen molar-refractivity contribution in [3.63, 3.8) is 0 Å². The van der Waals surface area contributed by atoms with Gasteiger partial charge in [-0.3, -0.25) is 4.79 Å². The molecule has 3 rings (SSSR count). The number of carbonyl (C=O) groups excluding carboxylic acids is 1. The molecule has 0 spiro atoms. The van der Waals surface area contributed by atoms with Gasteiger partial charge in [-0.2, -0.15) is 0 Å². The molecule has 0 saturated heterocycles. The van der Waals surface area contributed by atoms with Crippen LogP contribution in [0.5, 0.6) is 11.5 Å². The highest BCUT2D eigenvalue weighted by atomic mass is 16.5. The Morgan fingerprint density at radius 1 is 0.929 bits per heavy atom. The van der Waals surface area contributed by atoms with Crippen LogP contribution in [0, 0.1) is 6.92 Å². The number of anilines is 3. The van der Waals surface area contributed by atoms with Crippen LogP contribution in [0.1, 0.15) is 11.1 Å². The van der Waals surface area contributed by atoms with Crippen LogP contribution in [0.2, 0.25) is 0 Å². The van der Waals surface area contributed by atoms with E-state index in [4.69, 9.17) is 9.47 Å². The number of pyridine rings is 1. The number of hydrogen-bond acceptors (Lipinski definition) is 5. The molecule has 6 heteroatoms. The fourth-order valence-electron chi connectivity index (χ4n) is 2.71. The highest BCUT2D eigenvalue weighted by Gasteiger charge is 2.09. The topological polar surface area (TPSA) is 72.5 Å². The Labute approximate surface area is 164 Å². The molecule has 28 heavy (non-hydrogen) atoms. The minimum absolute atomic E-state index is 0.154. The molecule has 0 aliphatic carbocycles. The molecule has 0 fully saturated rings. The second-order valence-corrected chi connectivity index (χ2v) is 6.34. The fourth-order valence-corrected chi connectivity index (χ4v) is 2.71. The van der Waals surface area contributed by atoms with Crippen LogP contribution < -0.4 is 20.1 Å². The Bertz CT molecular complexity index is 938. The maximum atomic E-state index is 12.3. The summed E-state index contributed by atoms with van der Waals surface area (Å²) in [5, 5.41) is 6.08. The maximum absolute atomic E-state index is 12.3. The lowest BCUT2D eigenvalue weighted by Crippen LogP contribution is -2.15. The zero-order valence-corrected chi connectivity index (χ0v) is 16.2. The van der Waals surface area contributed by atoms with Crippen LogP contribution >= 0.6 is 0 Å². The van der Waals surface area contributed by atoms with Crippen molar-refractivity contribution in [2.24, 2.45) is 0 Å². The zero-order valence-electron chi connectivity index (χ0n) is 16.2. The lowest BCUT2D eigenvalue weighted by atomic mass is 10.1. The van der Waals surface area contributed by atoms with Crippen LogP contribution in [0.15, 0.2) is 60.8 Å². The third-order valence-corrected chi connectivity index (χ3v) is 4.18. The molecular formula is C22H23N3O3. The molecule has 1 aromatic heterocycles. The SMILES string of the molecule is COc1ccc(CC(=O)Nc2ccc(Nc3ccc(C)cc3)cn2)cc1OC. The summed E-state index contributed by atoms with van der Waals surface area (Å²) < 4.78 is 10.5. The second kappa shape index (κ2) is 8.90. The normalized spacial score (nSPS) is 10.2. The smallest absolute Gasteiger partial charge is 0.229 e. The summed E-state index contributed by atoms with van der Waals surface area (Å²) in [7, 11) is 3.14. The molecule has 1 heterocycles. The van der Waals surface area contributed by atoms with Crippen LogP contribution in [-0.2, 0) is 11.2 Å². The quantitative estimate of drug-likeness (QED) is 0.641. The van der Waals surface area contributed by atoms with Gasteiger partial charge < -0.3 is 20.1 Å². The third-order valence-electron chi connectivity index (χ3n) is 4.18. The minimum Gasteiger partial charge on any atom is -0.493 e. The second-order valence-electron chi connectivity index (χ2n) is 6.34. The molecule has 0 unspecified atom stereocenters. The van der Waals surface area contributed by atoms with Crippen molar-refractivity contribution in [1.82, 2.24) is 4.98 Å². The van der Waals surface area contributed by atoms with Crippen molar-refractivity contribution >= 4 is 23.1 Å². The van der Waals surface area contributed by atoms with E-state index in [2.05, 4.69) is 15.6 Å². The first-order valence-corrected chi connectivity index (χ1v) is 8.88. The summed E-state index contributed by atoms with van der Waals surface area (Å²) in [4.78, 5) is 16.6. The third kappa shape index (κ3) is 5.01. The van der Waals surface area contributed by atoms with E-state index in [0.717, 1.165) is 16.9 Å². The number of nitrogens with one attached hydrogen (secondary N) is 2. The molecule has 0 saturated carbocycles. The summed E-state index contributed by atoms with van der Waals surface area (Å²) in [6.07, 6.45) is 1.90. The molecular weight excluding hydrogens is 354 g/mol. The van der Waals surface area contributed by atoms with E-state index in [1.165, 1.54) is 5.56 Å². The number of amides is 1. The highest BCUT2D eigenvalue weighted by molar-refractivity contribution is 5.91. The molecule has 144 valence electrons. The standard InChI is InChI=1S/C22H23N3O3/c1-15-4-7-17(8-5-15)24-18-9-11-21(23-14-18)25-22(26)13-16-6-10-19(27-2)20(12-16)28-3/h4-12,14,24H,13H2,1-3H3,(H,23,25,26). The summed E-state index contributed by atoms with van der Waals surface area (Å²) in [6, 6.07) is 17.1. The Morgan fingerprint density at radius 3 is 2.29 bits per heavy atom. The fraction of sp³-hybridized carbons (Fsp3) is 0.182. The van der Waals surface area contributed by atoms with Gasteiger partial charge in [-0.05, 0) is 48.9 Å². The molecule has 6 nitrogen and oxygen atoms in total. The van der Waals surface area contributed by atoms with Crippen LogP contribution in [0.4, 0.5) is 17.2 Å². The van der Waals surface area contributed by atoms with Crippen LogP contribution in [0.25, 0.3) is 0 Å². The molecule has 2 N–H and O–H groups in total. The summed E-state index contributed by atoms with van der Waals surface area (Å²) in [5.41, 5.74) is 3.86. The monoisotopic (exact) mass is 377 g/mol. The Balaban J connectivity index is 1.59. The molecule has 0 radical (unpaired) electrons. The van der Waals surface area contributed by atoms with Gasteiger partial charge in [0, 0.05) is 5.69 Å². The first kappa shape index (κ1) is 19.2. The van der Waals surface area contributed by atoms with E-state index in [1.54, 1.807) is 38.6 Å². The van der Waals surface area contributed by atoms with Gasteiger partial charge in [-0.1, -0.05) is 23.8 Å². The van der Waals surface area contributed by atoms with Crippen LogP contribution in [0.3, 0.4) is 0 Å². The van der Waals surface area contributed by atoms with Gasteiger partial charge in [0.25, 0.3) is 0 Å². The van der Waals surface area contributed by atoms with E-state index in [-0.39, 0.29) is 12.3 Å². The Morgan fingerprint density at radius 2 is 1.64 bits per heavy atom. The van der Waals surface area contributed by atoms with Crippen molar-refractivity contribution in [2.45, 2.75) is 13.3 Å². The van der Waals surface area contributed by atoms with E-state index >= 15 is 0 Å². The lowest BCUT2D eigenvalue weighted by molar-refractivity contribution is -0.115. The number of aryl methyl sites for hydroxylation is 1. The molecule has 0 aliphatic rings. The Hall–Kier alpha value is -3.54. The number of benzene rings is 2. The highest BCUT2D eigenvalue weighted by Crippen LogP contribution is 2.27. The first-order valence-electron chi connectivity index (χ1n) is 8.88. The summed E-state index contributed by atoms with van der Waals surface area (Å²) in [6.45, 7) is 2.05. The van der Waals surface area contributed by atoms with Gasteiger partial charge in [0.15, 0.2) is 11.5 Å². The largest absolute Gasteiger partial charge is 0.493 e. The van der Waals surface area contributed by atoms with Crippen molar-refractivity contribution in [3.8, 4) is 11.5 Å².